The molecule has 1 saturated heterocycles. The van der Waals surface area contributed by atoms with Crippen LogP contribution in [-0.2, 0) is 4.74 Å². The summed E-state index contributed by atoms with van der Waals surface area (Å²) in [6.45, 7) is 5.48. The summed E-state index contributed by atoms with van der Waals surface area (Å²) in [5.41, 5.74) is 1.63. The van der Waals surface area contributed by atoms with Gasteiger partial charge in [-0.3, -0.25) is 0 Å². The van der Waals surface area contributed by atoms with Gasteiger partial charge in [-0.05, 0) is 19.9 Å². The number of rotatable bonds is 2. The maximum absolute atomic E-state index is 10.4. The van der Waals surface area contributed by atoms with Crippen LogP contribution in [0.25, 0.3) is 11.0 Å². The number of aliphatic hydroxyl groups excluding tert-OH is 2. The minimum atomic E-state index is -0.680. The van der Waals surface area contributed by atoms with Crippen molar-refractivity contribution in [1.82, 2.24) is 14.5 Å². The van der Waals surface area contributed by atoms with Crippen molar-refractivity contribution in [2.45, 2.75) is 45.3 Å². The first-order valence-corrected chi connectivity index (χ1v) is 6.80. The van der Waals surface area contributed by atoms with E-state index >= 15 is 0 Å². The minimum absolute atomic E-state index is 0.139. The third kappa shape index (κ3) is 1.91. The van der Waals surface area contributed by atoms with Gasteiger partial charge in [-0.25, -0.2) is 9.97 Å². The van der Waals surface area contributed by atoms with Gasteiger partial charge in [0.15, 0.2) is 6.23 Å². The highest BCUT2D eigenvalue weighted by atomic mass is 16.5. The molecule has 1 fully saturated rings. The number of hydrogen-bond acceptors (Lipinski definition) is 5. The molecule has 0 unspecified atom stereocenters. The third-order valence-corrected chi connectivity index (χ3v) is 4.10. The van der Waals surface area contributed by atoms with Gasteiger partial charge < -0.3 is 19.5 Å². The zero-order valence-corrected chi connectivity index (χ0v) is 11.8. The van der Waals surface area contributed by atoms with Crippen molar-refractivity contribution in [2.24, 2.45) is 5.92 Å². The Morgan fingerprint density at radius 2 is 2.15 bits per heavy atom. The van der Waals surface area contributed by atoms with E-state index in [2.05, 4.69) is 9.97 Å². The van der Waals surface area contributed by atoms with Gasteiger partial charge in [-0.2, -0.15) is 0 Å². The molecule has 0 radical (unpaired) electrons. The normalized spacial score (nSPS) is 31.9. The van der Waals surface area contributed by atoms with E-state index in [1.807, 2.05) is 30.7 Å². The molecule has 5 atom stereocenters. The predicted octanol–water partition coefficient (Wildman–Crippen LogP) is 1.01. The van der Waals surface area contributed by atoms with Crippen molar-refractivity contribution in [3.05, 3.63) is 24.3 Å². The molecular weight excluding hydrogens is 258 g/mol. The molecule has 0 amide bonds. The van der Waals surface area contributed by atoms with Gasteiger partial charge in [0.1, 0.15) is 18.1 Å². The van der Waals surface area contributed by atoms with Crippen LogP contribution in [0.5, 0.6) is 0 Å². The quantitative estimate of drug-likeness (QED) is 0.856. The van der Waals surface area contributed by atoms with Gasteiger partial charge in [-0.15, -0.1) is 0 Å². The lowest BCUT2D eigenvalue weighted by Crippen LogP contribution is -2.30. The van der Waals surface area contributed by atoms with Crippen LogP contribution in [-0.4, -0.2) is 43.1 Å². The van der Waals surface area contributed by atoms with Crippen LogP contribution in [0.15, 0.2) is 18.6 Å². The molecule has 20 heavy (non-hydrogen) atoms. The Bertz CT molecular complexity index is 625. The smallest absolute Gasteiger partial charge is 0.162 e. The predicted molar refractivity (Wildman–Crippen MR) is 73.0 cm³/mol. The Morgan fingerprint density at radius 1 is 1.40 bits per heavy atom. The summed E-state index contributed by atoms with van der Waals surface area (Å²) in [6.07, 6.45) is 1.14. The molecule has 6 nitrogen and oxygen atoms in total. The third-order valence-electron chi connectivity index (χ3n) is 4.10. The molecule has 108 valence electrons. The molecular formula is C14H19N3O3. The van der Waals surface area contributed by atoms with Crippen LogP contribution in [0.2, 0.25) is 0 Å². The average molecular weight is 277 g/mol. The maximum atomic E-state index is 10.4. The fourth-order valence-electron chi connectivity index (χ4n) is 2.91. The topological polar surface area (TPSA) is 80.4 Å². The molecule has 0 aromatic carbocycles. The highest BCUT2D eigenvalue weighted by Crippen LogP contribution is 2.36. The summed E-state index contributed by atoms with van der Waals surface area (Å²) in [5.74, 6) is -0.139. The summed E-state index contributed by atoms with van der Waals surface area (Å²) in [7, 11) is 0. The maximum Gasteiger partial charge on any atom is 0.162 e. The molecule has 2 N–H and O–H groups in total. The molecule has 1 aliphatic heterocycles. The van der Waals surface area contributed by atoms with Crippen molar-refractivity contribution in [1.29, 1.82) is 0 Å². The monoisotopic (exact) mass is 277 g/mol. The van der Waals surface area contributed by atoms with Crippen LogP contribution < -0.4 is 0 Å². The van der Waals surface area contributed by atoms with Gasteiger partial charge in [-0.1, -0.05) is 6.92 Å². The molecule has 1 aliphatic rings. The molecule has 2 aromatic heterocycles. The van der Waals surface area contributed by atoms with Gasteiger partial charge in [0.25, 0.3) is 0 Å². The van der Waals surface area contributed by atoms with E-state index in [0.717, 1.165) is 16.7 Å². The van der Waals surface area contributed by atoms with E-state index < -0.39 is 18.4 Å². The van der Waals surface area contributed by atoms with Crippen LogP contribution in [0, 0.1) is 12.8 Å². The second kappa shape index (κ2) is 4.80. The molecule has 0 saturated carbocycles. The first kappa shape index (κ1) is 13.5. The number of aromatic nitrogens is 3. The molecule has 3 rings (SSSR count). The number of nitrogens with zero attached hydrogens (tertiary/aromatic N) is 3. The lowest BCUT2D eigenvalue weighted by atomic mass is 9.97. The lowest BCUT2D eigenvalue weighted by molar-refractivity contribution is -0.0713. The van der Waals surface area contributed by atoms with Crippen molar-refractivity contribution in [2.75, 3.05) is 0 Å². The summed E-state index contributed by atoms with van der Waals surface area (Å²) in [5, 5.41) is 21.1. The summed E-state index contributed by atoms with van der Waals surface area (Å²) in [4.78, 5) is 8.43. The van der Waals surface area contributed by atoms with E-state index in [1.165, 1.54) is 6.33 Å². The van der Waals surface area contributed by atoms with E-state index in [-0.39, 0.29) is 12.0 Å². The van der Waals surface area contributed by atoms with Gasteiger partial charge in [0.05, 0.1) is 17.9 Å². The molecule has 2 aromatic rings. The van der Waals surface area contributed by atoms with Crippen LogP contribution in [0.3, 0.4) is 0 Å². The second-order valence-corrected chi connectivity index (χ2v) is 5.50. The molecule has 0 aliphatic carbocycles. The number of fused-ring (bicyclic) bond motifs is 1. The number of hydrogen-bond donors (Lipinski definition) is 2. The largest absolute Gasteiger partial charge is 0.391 e. The fraction of sp³-hybridized carbons (Fsp3) is 0.571. The van der Waals surface area contributed by atoms with Crippen molar-refractivity contribution in [3.8, 4) is 0 Å². The summed E-state index contributed by atoms with van der Waals surface area (Å²) in [6, 6.07) is 1.92. The molecule has 6 heteroatoms. The number of aliphatic hydroxyl groups is 2. The van der Waals surface area contributed by atoms with Gasteiger partial charge >= 0.3 is 0 Å². The molecule has 3 heterocycles. The van der Waals surface area contributed by atoms with E-state index in [1.54, 1.807) is 6.92 Å². The van der Waals surface area contributed by atoms with Crippen molar-refractivity contribution >= 4 is 11.0 Å². The van der Waals surface area contributed by atoms with Crippen LogP contribution >= 0.6 is 0 Å². The highest BCUT2D eigenvalue weighted by molar-refractivity contribution is 5.78. The zero-order valence-electron chi connectivity index (χ0n) is 11.8. The Balaban J connectivity index is 2.02. The Kier molecular flexibility index (Phi) is 3.24. The van der Waals surface area contributed by atoms with E-state index in [4.69, 9.17) is 4.74 Å². The SMILES string of the molecule is Cc1ncnc2c1ccn2[C@@H]1O[C@H]([C@@H](C)O)[C@@H](C)[C@H]1O. The lowest BCUT2D eigenvalue weighted by Gasteiger charge is -2.18. The number of aryl methyl sites for hydroxylation is 1. The van der Waals surface area contributed by atoms with Crippen molar-refractivity contribution < 1.29 is 14.9 Å². The molecule has 0 spiro atoms. The fourth-order valence-corrected chi connectivity index (χ4v) is 2.91. The van der Waals surface area contributed by atoms with E-state index in [0.29, 0.717) is 0 Å². The van der Waals surface area contributed by atoms with Gasteiger partial charge in [0.2, 0.25) is 0 Å². The number of ether oxygens (including phenoxy) is 1. The van der Waals surface area contributed by atoms with E-state index in [9.17, 15) is 10.2 Å². The molecule has 0 bridgehead atoms. The Labute approximate surface area is 117 Å². The zero-order chi connectivity index (χ0) is 14.4. The standard InChI is InChI=1S/C14H19N3O3/c1-7-11(19)14(20-12(7)9(3)18)17-5-4-10-8(2)15-6-16-13(10)17/h4-7,9,11-12,14,18-19H,1-3H3/t7-,9+,11+,12-,14+/m0/s1. The van der Waals surface area contributed by atoms with Crippen LogP contribution in [0.1, 0.15) is 25.8 Å². The summed E-state index contributed by atoms with van der Waals surface area (Å²) < 4.78 is 7.66. The minimum Gasteiger partial charge on any atom is -0.391 e. The average Bonchev–Trinajstić information content (AvgIpc) is 2.94. The second-order valence-electron chi connectivity index (χ2n) is 5.50. The Hall–Kier alpha value is -1.50. The van der Waals surface area contributed by atoms with Crippen LogP contribution in [0.4, 0.5) is 0 Å². The highest BCUT2D eigenvalue weighted by Gasteiger charge is 2.44. The van der Waals surface area contributed by atoms with Crippen molar-refractivity contribution in [3.63, 3.8) is 0 Å². The van der Waals surface area contributed by atoms with Gasteiger partial charge in [0, 0.05) is 17.5 Å². The summed E-state index contributed by atoms with van der Waals surface area (Å²) >= 11 is 0. The Morgan fingerprint density at radius 3 is 2.80 bits per heavy atom. The first-order chi connectivity index (χ1) is 9.50. The first-order valence-electron chi connectivity index (χ1n) is 6.80.